The highest BCUT2D eigenvalue weighted by Gasteiger charge is 2.30. The Morgan fingerprint density at radius 2 is 2.15 bits per heavy atom. The fraction of sp³-hybridized carbons (Fsp3) is 0.667. The molecule has 2 unspecified atom stereocenters. The summed E-state index contributed by atoms with van der Waals surface area (Å²) in [6, 6.07) is 9.73. The van der Waals surface area contributed by atoms with Gasteiger partial charge in [0, 0.05) is 6.04 Å². The second-order valence-corrected chi connectivity index (χ2v) is 6.21. The molecular weight excluding hydrogens is 244 g/mol. The van der Waals surface area contributed by atoms with Crippen molar-refractivity contribution in [1.82, 2.24) is 10.2 Å². The van der Waals surface area contributed by atoms with Crippen molar-refractivity contribution in [3.63, 3.8) is 0 Å². The van der Waals surface area contributed by atoms with Crippen LogP contribution in [-0.2, 0) is 0 Å². The van der Waals surface area contributed by atoms with Crippen LogP contribution in [0.1, 0.15) is 49.8 Å². The Labute approximate surface area is 124 Å². The molecule has 0 radical (unpaired) electrons. The zero-order chi connectivity index (χ0) is 14.4. The van der Waals surface area contributed by atoms with Gasteiger partial charge in [-0.1, -0.05) is 43.2 Å². The zero-order valence-electron chi connectivity index (χ0n) is 13.4. The van der Waals surface area contributed by atoms with Crippen molar-refractivity contribution in [1.29, 1.82) is 0 Å². The molecular formula is C18H30N2. The first kappa shape index (κ1) is 15.5. The maximum absolute atomic E-state index is 3.42. The maximum Gasteiger partial charge on any atom is 0.0388 e. The van der Waals surface area contributed by atoms with Crippen molar-refractivity contribution < 1.29 is 0 Å². The summed E-state index contributed by atoms with van der Waals surface area (Å²) in [4.78, 5) is 2.73. The van der Waals surface area contributed by atoms with Gasteiger partial charge in [0.25, 0.3) is 0 Å². The summed E-state index contributed by atoms with van der Waals surface area (Å²) in [5.74, 6) is 0.732. The first-order valence-electron chi connectivity index (χ1n) is 8.21. The van der Waals surface area contributed by atoms with E-state index in [1.54, 1.807) is 0 Å². The van der Waals surface area contributed by atoms with E-state index in [1.807, 2.05) is 0 Å². The van der Waals surface area contributed by atoms with Crippen LogP contribution >= 0.6 is 0 Å². The molecule has 1 aliphatic rings. The molecule has 1 aromatic carbocycles. The smallest absolute Gasteiger partial charge is 0.0388 e. The fourth-order valence-electron chi connectivity index (χ4n) is 3.67. The minimum Gasteiger partial charge on any atom is -0.319 e. The first-order chi connectivity index (χ1) is 9.76. The van der Waals surface area contributed by atoms with Crippen LogP contribution in [0.25, 0.3) is 0 Å². The topological polar surface area (TPSA) is 15.3 Å². The van der Waals surface area contributed by atoms with Gasteiger partial charge in [0.2, 0.25) is 0 Å². The van der Waals surface area contributed by atoms with E-state index in [2.05, 4.69) is 55.4 Å². The van der Waals surface area contributed by atoms with E-state index < -0.39 is 0 Å². The Bertz CT molecular complexity index is 386. The molecule has 1 fully saturated rings. The van der Waals surface area contributed by atoms with E-state index in [9.17, 15) is 0 Å². The lowest BCUT2D eigenvalue weighted by atomic mass is 9.88. The summed E-state index contributed by atoms with van der Waals surface area (Å²) in [5.41, 5.74) is 2.90. The van der Waals surface area contributed by atoms with E-state index >= 15 is 0 Å². The third-order valence-electron chi connectivity index (χ3n) is 4.47. The molecule has 0 saturated carbocycles. The molecule has 112 valence electrons. The number of benzene rings is 1. The summed E-state index contributed by atoms with van der Waals surface area (Å²) < 4.78 is 0. The standard InChI is InChI=1S/C18H30N2/c1-4-11-20-12-6-5-9-17(14-19-3)18(20)16-10-7-8-15(2)13-16/h7-8,10,13,17-19H,4-6,9,11-12,14H2,1-3H3. The third-order valence-corrected chi connectivity index (χ3v) is 4.47. The van der Waals surface area contributed by atoms with E-state index in [4.69, 9.17) is 0 Å². The number of aryl methyl sites for hydroxylation is 1. The summed E-state index contributed by atoms with van der Waals surface area (Å²) in [6.07, 6.45) is 5.31. The molecule has 1 aliphatic heterocycles. The lowest BCUT2D eigenvalue weighted by Gasteiger charge is -2.35. The second-order valence-electron chi connectivity index (χ2n) is 6.21. The van der Waals surface area contributed by atoms with Crippen LogP contribution in [0.5, 0.6) is 0 Å². The monoisotopic (exact) mass is 274 g/mol. The average molecular weight is 274 g/mol. The van der Waals surface area contributed by atoms with E-state index in [-0.39, 0.29) is 0 Å². The van der Waals surface area contributed by atoms with Gasteiger partial charge in [-0.3, -0.25) is 4.90 Å². The van der Waals surface area contributed by atoms with Gasteiger partial charge in [-0.25, -0.2) is 0 Å². The van der Waals surface area contributed by atoms with Gasteiger partial charge in [0.05, 0.1) is 0 Å². The Hall–Kier alpha value is -0.860. The van der Waals surface area contributed by atoms with Gasteiger partial charge >= 0.3 is 0 Å². The number of hydrogen-bond acceptors (Lipinski definition) is 2. The van der Waals surface area contributed by atoms with Gasteiger partial charge in [0.15, 0.2) is 0 Å². The minimum atomic E-state index is 0.588. The Morgan fingerprint density at radius 1 is 1.30 bits per heavy atom. The van der Waals surface area contributed by atoms with Gasteiger partial charge < -0.3 is 5.32 Å². The summed E-state index contributed by atoms with van der Waals surface area (Å²) in [6.45, 7) is 8.10. The molecule has 0 aromatic heterocycles. The van der Waals surface area contributed by atoms with E-state index in [0.29, 0.717) is 6.04 Å². The second kappa shape index (κ2) is 7.80. The van der Waals surface area contributed by atoms with Crippen LogP contribution in [0.2, 0.25) is 0 Å². The highest BCUT2D eigenvalue weighted by atomic mass is 15.2. The SMILES string of the molecule is CCCN1CCCCC(CNC)C1c1cccc(C)c1. The Kier molecular flexibility index (Phi) is 6.06. The highest BCUT2D eigenvalue weighted by Crippen LogP contribution is 2.35. The summed E-state index contributed by atoms with van der Waals surface area (Å²) >= 11 is 0. The molecule has 2 rings (SSSR count). The normalized spacial score (nSPS) is 24.6. The van der Waals surface area contributed by atoms with Crippen LogP contribution in [0, 0.1) is 12.8 Å². The van der Waals surface area contributed by atoms with Gasteiger partial charge in [-0.05, 0) is 64.3 Å². The predicted octanol–water partition coefficient (Wildman–Crippen LogP) is 3.77. The molecule has 2 nitrogen and oxygen atoms in total. The van der Waals surface area contributed by atoms with Crippen molar-refractivity contribution in [2.45, 2.75) is 45.6 Å². The first-order valence-corrected chi connectivity index (χ1v) is 8.21. The lowest BCUT2D eigenvalue weighted by molar-refractivity contribution is 0.154. The molecule has 20 heavy (non-hydrogen) atoms. The van der Waals surface area contributed by atoms with Crippen molar-refractivity contribution in [3.8, 4) is 0 Å². The minimum absolute atomic E-state index is 0.588. The predicted molar refractivity (Wildman–Crippen MR) is 87.1 cm³/mol. The molecule has 0 aliphatic carbocycles. The van der Waals surface area contributed by atoms with Crippen molar-refractivity contribution in [2.24, 2.45) is 5.92 Å². The number of nitrogens with zero attached hydrogens (tertiary/aromatic N) is 1. The molecule has 1 N–H and O–H groups in total. The summed E-state index contributed by atoms with van der Waals surface area (Å²) in [7, 11) is 2.09. The molecule has 0 bridgehead atoms. The molecule has 0 amide bonds. The number of nitrogens with one attached hydrogen (secondary N) is 1. The maximum atomic E-state index is 3.42. The molecule has 1 heterocycles. The lowest BCUT2D eigenvalue weighted by Crippen LogP contribution is -2.36. The fourth-order valence-corrected chi connectivity index (χ4v) is 3.67. The zero-order valence-corrected chi connectivity index (χ0v) is 13.4. The quantitative estimate of drug-likeness (QED) is 0.879. The van der Waals surface area contributed by atoms with Crippen molar-refractivity contribution in [3.05, 3.63) is 35.4 Å². The van der Waals surface area contributed by atoms with Gasteiger partial charge in [-0.15, -0.1) is 0 Å². The molecule has 2 heteroatoms. The molecule has 1 saturated heterocycles. The van der Waals surface area contributed by atoms with Crippen LogP contribution in [-0.4, -0.2) is 31.6 Å². The van der Waals surface area contributed by atoms with Crippen molar-refractivity contribution >= 4 is 0 Å². The number of rotatable bonds is 5. The molecule has 2 atom stereocenters. The average Bonchev–Trinajstić information content (AvgIpc) is 2.62. The van der Waals surface area contributed by atoms with E-state index in [1.165, 1.54) is 49.9 Å². The Morgan fingerprint density at radius 3 is 2.85 bits per heavy atom. The van der Waals surface area contributed by atoms with Gasteiger partial charge in [0.1, 0.15) is 0 Å². The summed E-state index contributed by atoms with van der Waals surface area (Å²) in [5, 5.41) is 3.42. The molecule has 1 aromatic rings. The number of hydrogen-bond donors (Lipinski definition) is 1. The van der Waals surface area contributed by atoms with Crippen LogP contribution < -0.4 is 5.32 Å². The van der Waals surface area contributed by atoms with Crippen LogP contribution in [0.3, 0.4) is 0 Å². The van der Waals surface area contributed by atoms with Gasteiger partial charge in [-0.2, -0.15) is 0 Å². The number of likely N-dealkylation sites (tertiary alicyclic amines) is 1. The molecule has 0 spiro atoms. The third kappa shape index (κ3) is 3.83. The highest BCUT2D eigenvalue weighted by molar-refractivity contribution is 5.26. The van der Waals surface area contributed by atoms with E-state index in [0.717, 1.165) is 12.5 Å². The van der Waals surface area contributed by atoms with Crippen molar-refractivity contribution in [2.75, 3.05) is 26.7 Å². The van der Waals surface area contributed by atoms with Crippen LogP contribution in [0.4, 0.5) is 0 Å². The van der Waals surface area contributed by atoms with Crippen LogP contribution in [0.15, 0.2) is 24.3 Å². The Balaban J connectivity index is 2.30. The largest absolute Gasteiger partial charge is 0.319 e.